The summed E-state index contributed by atoms with van der Waals surface area (Å²) in [4.78, 5) is 8.29. The van der Waals surface area contributed by atoms with Crippen molar-refractivity contribution in [1.82, 2.24) is 9.97 Å². The Morgan fingerprint density at radius 1 is 0.966 bits per heavy atom. The molecule has 0 saturated carbocycles. The highest BCUT2D eigenvalue weighted by Crippen LogP contribution is 2.20. The van der Waals surface area contributed by atoms with Gasteiger partial charge in [0.05, 0.1) is 17.3 Å². The second kappa shape index (κ2) is 12.2. The van der Waals surface area contributed by atoms with E-state index < -0.39 is 0 Å². The van der Waals surface area contributed by atoms with Gasteiger partial charge in [0, 0.05) is 23.3 Å². The first-order valence-corrected chi connectivity index (χ1v) is 11.0. The Kier molecular flexibility index (Phi) is 10.7. The molecule has 0 fully saturated rings. The highest BCUT2D eigenvalue weighted by atomic mass is 35.5. The van der Waals surface area contributed by atoms with Crippen LogP contribution in [0.25, 0.3) is 0 Å². The number of hydrogen-bond acceptors (Lipinski definition) is 7. The van der Waals surface area contributed by atoms with E-state index in [9.17, 15) is 0 Å². The normalized spacial score (nSPS) is 10.4. The predicted octanol–water partition coefficient (Wildman–Crippen LogP) is 5.37. The molecular weight excluding hydrogens is 451 g/mol. The molecule has 10 heteroatoms. The van der Waals surface area contributed by atoms with Crippen molar-refractivity contribution in [2.75, 3.05) is 6.26 Å². The van der Waals surface area contributed by atoms with Crippen LogP contribution in [0.2, 0.25) is 10.3 Å². The third kappa shape index (κ3) is 9.62. The molecule has 2 heterocycles. The first kappa shape index (κ1) is 25.4. The molecule has 3 N–H and O–H groups in total. The summed E-state index contributed by atoms with van der Waals surface area (Å²) in [6.45, 7) is 7.65. The van der Waals surface area contributed by atoms with Gasteiger partial charge in [-0.2, -0.15) is 0 Å². The van der Waals surface area contributed by atoms with Crippen LogP contribution >= 0.6 is 47.2 Å². The molecule has 0 aliphatic heterocycles. The van der Waals surface area contributed by atoms with Crippen molar-refractivity contribution in [2.24, 2.45) is 5.73 Å². The number of aromatic nitrogens is 2. The molecule has 0 bridgehead atoms. The fourth-order valence-electron chi connectivity index (χ4n) is 1.94. The van der Waals surface area contributed by atoms with Gasteiger partial charge >= 0.3 is 0 Å². The van der Waals surface area contributed by atoms with Crippen LogP contribution in [-0.4, -0.2) is 38.5 Å². The lowest BCUT2D eigenvalue weighted by Crippen LogP contribution is -2.12. The third-order valence-electron chi connectivity index (χ3n) is 3.00. The Morgan fingerprint density at radius 3 is 1.76 bits per heavy atom. The Balaban J connectivity index is 0.000000291. The van der Waals surface area contributed by atoms with Crippen LogP contribution in [-0.2, 0) is 0 Å². The summed E-state index contributed by atoms with van der Waals surface area (Å²) < 4.78 is 10.8. The van der Waals surface area contributed by atoms with Crippen molar-refractivity contribution >= 4 is 57.2 Å². The molecule has 29 heavy (non-hydrogen) atoms. The van der Waals surface area contributed by atoms with Crippen molar-refractivity contribution < 1.29 is 9.47 Å². The molecule has 0 aliphatic carbocycles. The number of halogens is 2. The molecule has 0 unspecified atom stereocenters. The van der Waals surface area contributed by atoms with Gasteiger partial charge in [0.1, 0.15) is 15.3 Å². The summed E-state index contributed by atoms with van der Waals surface area (Å²) >= 11 is 17.8. The van der Waals surface area contributed by atoms with Gasteiger partial charge in [-0.25, -0.2) is 9.97 Å². The molecule has 2 rings (SSSR count). The van der Waals surface area contributed by atoms with Crippen LogP contribution in [0.5, 0.6) is 11.8 Å². The average Bonchev–Trinajstić information content (AvgIpc) is 2.59. The van der Waals surface area contributed by atoms with Crippen molar-refractivity contribution in [3.63, 3.8) is 0 Å². The van der Waals surface area contributed by atoms with Crippen LogP contribution < -0.4 is 15.2 Å². The minimum atomic E-state index is 0.0418. The second-order valence-electron chi connectivity index (χ2n) is 6.26. The Bertz CT molecular complexity index is 864. The first-order valence-electron chi connectivity index (χ1n) is 8.63. The van der Waals surface area contributed by atoms with E-state index in [0.29, 0.717) is 32.7 Å². The lowest BCUT2D eigenvalue weighted by Gasteiger charge is -2.10. The maximum Gasteiger partial charge on any atom is 0.215 e. The second-order valence-corrected chi connectivity index (χ2v) is 8.30. The first-order chi connectivity index (χ1) is 13.5. The number of ether oxygens (including phenoxy) is 2. The van der Waals surface area contributed by atoms with Gasteiger partial charge in [0.2, 0.25) is 11.8 Å². The smallest absolute Gasteiger partial charge is 0.215 e. The summed E-state index contributed by atoms with van der Waals surface area (Å²) in [6, 6.07) is 6.67. The van der Waals surface area contributed by atoms with Gasteiger partial charge in [0.25, 0.3) is 0 Å². The van der Waals surface area contributed by atoms with E-state index in [1.54, 1.807) is 24.3 Å². The number of rotatable bonds is 6. The molecule has 0 aromatic carbocycles. The number of hydrogen-bond donors (Lipinski definition) is 2. The minimum absolute atomic E-state index is 0.0418. The van der Waals surface area contributed by atoms with Crippen LogP contribution in [0.1, 0.15) is 38.8 Å². The molecule has 158 valence electrons. The molecule has 0 amide bonds. The summed E-state index contributed by atoms with van der Waals surface area (Å²) in [5, 5.41) is 8.80. The topological polar surface area (TPSA) is 94.1 Å². The van der Waals surface area contributed by atoms with E-state index in [1.165, 1.54) is 11.8 Å². The molecular formula is C19H24Cl2N4O2S2. The van der Waals surface area contributed by atoms with Crippen LogP contribution in [0.15, 0.2) is 24.3 Å². The predicted molar refractivity (Wildman–Crippen MR) is 126 cm³/mol. The van der Waals surface area contributed by atoms with Crippen molar-refractivity contribution in [2.45, 2.75) is 39.9 Å². The van der Waals surface area contributed by atoms with Gasteiger partial charge in [-0.15, -0.1) is 11.8 Å². The summed E-state index contributed by atoms with van der Waals surface area (Å²) in [6.07, 6.45) is 1.94. The van der Waals surface area contributed by atoms with E-state index in [4.69, 9.17) is 56.0 Å². The van der Waals surface area contributed by atoms with E-state index in [1.807, 2.05) is 34.0 Å². The number of nitrogens with two attached hydrogens (primary N) is 1. The maximum atomic E-state index is 7.68. The van der Waals surface area contributed by atoms with Crippen molar-refractivity contribution in [3.05, 3.63) is 45.7 Å². The zero-order chi connectivity index (χ0) is 22.1. The molecule has 0 saturated heterocycles. The zero-order valence-electron chi connectivity index (χ0n) is 16.8. The van der Waals surface area contributed by atoms with Crippen LogP contribution in [0.4, 0.5) is 0 Å². The van der Waals surface area contributed by atoms with Crippen molar-refractivity contribution in [1.29, 1.82) is 5.41 Å². The lowest BCUT2D eigenvalue weighted by atomic mass is 10.3. The molecule has 2 aromatic heterocycles. The molecule has 0 aliphatic rings. The standard InChI is InChI=1S/C10H13ClN2OS.C9H11ClN2OS/c1-6(2)14-9-5-7(10(12)15-3)4-8(11)13-9;1-5(2)13-8-4-6(9(11)14)3-7(10)12-8/h4-6,12H,1-3H3;3-5H,1-2H3,(H2,11,14). The number of pyridine rings is 2. The van der Waals surface area contributed by atoms with Gasteiger partial charge < -0.3 is 15.2 Å². The molecule has 2 aromatic rings. The molecule has 0 atom stereocenters. The van der Waals surface area contributed by atoms with E-state index in [-0.39, 0.29) is 17.2 Å². The monoisotopic (exact) mass is 474 g/mol. The molecule has 6 nitrogen and oxygen atoms in total. The number of thiocarbonyl (C=S) groups is 1. The Labute approximate surface area is 191 Å². The van der Waals surface area contributed by atoms with Gasteiger partial charge in [0.15, 0.2) is 0 Å². The Hall–Kier alpha value is -1.61. The van der Waals surface area contributed by atoms with Crippen molar-refractivity contribution in [3.8, 4) is 11.8 Å². The zero-order valence-corrected chi connectivity index (χ0v) is 20.0. The average molecular weight is 475 g/mol. The Morgan fingerprint density at radius 2 is 1.38 bits per heavy atom. The summed E-state index contributed by atoms with van der Waals surface area (Å²) in [7, 11) is 0. The van der Waals surface area contributed by atoms with Gasteiger partial charge in [-0.3, -0.25) is 5.41 Å². The summed E-state index contributed by atoms with van der Waals surface area (Å²) in [5.41, 5.74) is 6.87. The van der Waals surface area contributed by atoms with Gasteiger partial charge in [-0.05, 0) is 46.1 Å². The fourth-order valence-corrected chi connectivity index (χ4v) is 2.81. The molecule has 0 radical (unpaired) electrons. The summed E-state index contributed by atoms with van der Waals surface area (Å²) in [5.74, 6) is 0.904. The van der Waals surface area contributed by atoms with E-state index in [2.05, 4.69) is 9.97 Å². The third-order valence-corrected chi connectivity index (χ3v) is 4.27. The van der Waals surface area contributed by atoms with Crippen LogP contribution in [0.3, 0.4) is 0 Å². The highest BCUT2D eigenvalue weighted by Gasteiger charge is 2.07. The SMILES string of the molecule is CC(C)Oc1cc(C(N)=S)cc(Cl)n1.CSC(=N)c1cc(Cl)nc(OC(C)C)c1. The molecule has 0 spiro atoms. The number of nitrogens with one attached hydrogen (secondary N) is 1. The minimum Gasteiger partial charge on any atom is -0.475 e. The van der Waals surface area contributed by atoms with Crippen LogP contribution in [0, 0.1) is 5.41 Å². The number of nitrogens with zero attached hydrogens (tertiary/aromatic N) is 2. The van der Waals surface area contributed by atoms with E-state index in [0.717, 1.165) is 5.56 Å². The quantitative estimate of drug-likeness (QED) is 0.251. The highest BCUT2D eigenvalue weighted by molar-refractivity contribution is 8.13. The number of thioether (sulfide) groups is 1. The van der Waals surface area contributed by atoms with E-state index >= 15 is 0 Å². The lowest BCUT2D eigenvalue weighted by molar-refractivity contribution is 0.232. The van der Waals surface area contributed by atoms with Gasteiger partial charge in [-0.1, -0.05) is 35.4 Å². The largest absolute Gasteiger partial charge is 0.475 e. The maximum absolute atomic E-state index is 7.68. The fraction of sp³-hybridized carbons (Fsp3) is 0.368.